The summed E-state index contributed by atoms with van der Waals surface area (Å²) < 4.78 is 0. The number of hydrogen-bond donors (Lipinski definition) is 0. The first-order chi connectivity index (χ1) is 20.0. The Labute approximate surface area is 261 Å². The van der Waals surface area contributed by atoms with Gasteiger partial charge in [0.1, 0.15) is 0 Å². The minimum absolute atomic E-state index is 0. The second-order valence-electron chi connectivity index (χ2n) is 11.7. The van der Waals surface area contributed by atoms with Crippen LogP contribution in [0.4, 0.5) is 0 Å². The number of rotatable bonds is 2. The van der Waals surface area contributed by atoms with Crippen LogP contribution in [0.1, 0.15) is 44.5 Å². The number of pyridine rings is 1. The van der Waals surface area contributed by atoms with Crippen LogP contribution in [0.15, 0.2) is 109 Å². The van der Waals surface area contributed by atoms with Gasteiger partial charge in [-0.05, 0) is 118 Å². The van der Waals surface area contributed by atoms with Crippen LogP contribution >= 0.6 is 0 Å². The zero-order valence-electron chi connectivity index (χ0n) is 24.2. The molecule has 0 aliphatic heterocycles. The topological polar surface area (TPSA) is 12.9 Å². The largest absolute Gasteiger partial charge is 0.305 e. The minimum Gasteiger partial charge on any atom is -0.305 e. The average molecular weight is 717 g/mol. The van der Waals surface area contributed by atoms with Gasteiger partial charge in [-0.3, -0.25) is 0 Å². The quantitative estimate of drug-likeness (QED) is 0.163. The van der Waals surface area contributed by atoms with Crippen molar-refractivity contribution in [3.8, 4) is 44.6 Å². The van der Waals surface area contributed by atoms with E-state index in [4.69, 9.17) is 0 Å². The van der Waals surface area contributed by atoms with E-state index in [1.165, 1.54) is 77.9 Å². The summed E-state index contributed by atoms with van der Waals surface area (Å²) in [7, 11) is 0. The molecule has 0 amide bonds. The van der Waals surface area contributed by atoms with Crippen molar-refractivity contribution in [1.29, 1.82) is 0 Å². The van der Waals surface area contributed by atoms with E-state index in [0.717, 1.165) is 11.3 Å². The van der Waals surface area contributed by atoms with Crippen molar-refractivity contribution in [2.45, 2.75) is 33.1 Å². The van der Waals surface area contributed by atoms with E-state index in [0.29, 0.717) is 0 Å². The van der Waals surface area contributed by atoms with Crippen molar-refractivity contribution < 1.29 is 20.1 Å². The van der Waals surface area contributed by atoms with Gasteiger partial charge in [-0.2, -0.15) is 0 Å². The Morgan fingerprint density at radius 3 is 1.81 bits per heavy atom. The van der Waals surface area contributed by atoms with E-state index in [2.05, 4.69) is 118 Å². The van der Waals surface area contributed by atoms with Crippen LogP contribution in [-0.2, 0) is 25.5 Å². The second kappa shape index (κ2) is 9.73. The first-order valence-electron chi connectivity index (χ1n) is 14.4. The normalized spacial score (nSPS) is 13.2. The van der Waals surface area contributed by atoms with Gasteiger partial charge < -0.3 is 4.98 Å². The van der Waals surface area contributed by atoms with Crippen molar-refractivity contribution in [3.05, 3.63) is 160 Å². The molecule has 1 spiro atoms. The fourth-order valence-corrected chi connectivity index (χ4v) is 7.20. The minimum atomic E-state index is -0.324. The maximum absolute atomic E-state index is 4.56. The second-order valence-corrected chi connectivity index (χ2v) is 11.7. The molecule has 5 aromatic carbocycles. The summed E-state index contributed by atoms with van der Waals surface area (Å²) in [6.07, 6.45) is 1.84. The van der Waals surface area contributed by atoms with Crippen LogP contribution in [0.25, 0.3) is 44.6 Å². The predicted molar refractivity (Wildman–Crippen MR) is 169 cm³/mol. The fourth-order valence-electron chi connectivity index (χ4n) is 7.20. The Hall–Kier alpha value is -4.10. The Balaban J connectivity index is 0.00000288. The van der Waals surface area contributed by atoms with Crippen molar-refractivity contribution in [2.75, 3.05) is 0 Å². The number of benzene rings is 5. The van der Waals surface area contributed by atoms with Crippen molar-refractivity contribution in [1.82, 2.24) is 4.98 Å². The molecule has 0 saturated carbocycles. The van der Waals surface area contributed by atoms with Crippen molar-refractivity contribution in [3.63, 3.8) is 0 Å². The van der Waals surface area contributed by atoms with Crippen LogP contribution in [0, 0.1) is 33.8 Å². The van der Waals surface area contributed by atoms with Crippen molar-refractivity contribution >= 4 is 0 Å². The summed E-state index contributed by atoms with van der Waals surface area (Å²) >= 11 is 0. The molecule has 2 aliphatic rings. The maximum Gasteiger partial charge on any atom is 0.0725 e. The predicted octanol–water partition coefficient (Wildman–Crippen LogP) is 9.79. The van der Waals surface area contributed by atoms with Gasteiger partial charge in [0, 0.05) is 26.3 Å². The average Bonchev–Trinajstić information content (AvgIpc) is 3.44. The maximum atomic E-state index is 4.56. The van der Waals surface area contributed by atoms with Gasteiger partial charge in [-0.1, -0.05) is 72.8 Å². The molecular weight excluding hydrogens is 687 g/mol. The van der Waals surface area contributed by atoms with Crippen LogP contribution in [0.2, 0.25) is 0 Å². The zero-order chi connectivity index (χ0) is 27.9. The molecule has 0 atom stereocenters. The summed E-state index contributed by atoms with van der Waals surface area (Å²) in [4.78, 5) is 4.56. The molecule has 1 aromatic heterocycles. The van der Waals surface area contributed by atoms with Crippen molar-refractivity contribution in [2.24, 2.45) is 0 Å². The van der Waals surface area contributed by atoms with Gasteiger partial charge in [0.05, 0.1) is 5.41 Å². The molecule has 1 radical (unpaired) electrons. The summed E-state index contributed by atoms with van der Waals surface area (Å²) in [6.45, 7) is 8.97. The SMILES string of the molecule is Cc1cc2c(cc1C)C1(c3ccccc3-c3cc(-c4cc[c-]c(-c5ccccn5)c4)ccc31)c1cc(C)c(C)cc1-2.[Ir]. The number of nitrogens with zero attached hydrogens (tertiary/aromatic N) is 1. The van der Waals surface area contributed by atoms with Crippen LogP contribution < -0.4 is 0 Å². The first kappa shape index (κ1) is 26.8. The fraction of sp³-hybridized carbons (Fsp3) is 0.125. The molecule has 0 bridgehead atoms. The molecule has 0 unspecified atom stereocenters. The molecule has 0 saturated heterocycles. The van der Waals surface area contributed by atoms with Gasteiger partial charge in [0.15, 0.2) is 0 Å². The third kappa shape index (κ3) is 3.62. The molecule has 0 N–H and O–H groups in total. The van der Waals surface area contributed by atoms with Crippen LogP contribution in [0.3, 0.4) is 0 Å². The first-order valence-corrected chi connectivity index (χ1v) is 14.4. The monoisotopic (exact) mass is 717 g/mol. The summed E-state index contributed by atoms with van der Waals surface area (Å²) in [5.74, 6) is 0. The van der Waals surface area contributed by atoms with E-state index in [-0.39, 0.29) is 25.5 Å². The Kier molecular flexibility index (Phi) is 6.21. The van der Waals surface area contributed by atoms with E-state index < -0.39 is 0 Å². The molecule has 2 aliphatic carbocycles. The van der Waals surface area contributed by atoms with Gasteiger partial charge in [-0.15, -0.1) is 35.4 Å². The molecule has 0 fully saturated rings. The molecule has 1 nitrogen and oxygen atoms in total. The van der Waals surface area contributed by atoms with E-state index in [1.807, 2.05) is 30.5 Å². The molecule has 42 heavy (non-hydrogen) atoms. The van der Waals surface area contributed by atoms with Gasteiger partial charge in [-0.25, -0.2) is 0 Å². The van der Waals surface area contributed by atoms with E-state index >= 15 is 0 Å². The third-order valence-electron chi connectivity index (χ3n) is 9.49. The van der Waals surface area contributed by atoms with E-state index in [1.54, 1.807) is 0 Å². The van der Waals surface area contributed by atoms with Crippen LogP contribution in [0.5, 0.6) is 0 Å². The zero-order valence-corrected chi connectivity index (χ0v) is 26.6. The molecular formula is C40H30IrN-. The van der Waals surface area contributed by atoms with Crippen LogP contribution in [-0.4, -0.2) is 4.98 Å². The molecule has 1 heterocycles. The van der Waals surface area contributed by atoms with E-state index in [9.17, 15) is 0 Å². The van der Waals surface area contributed by atoms with Gasteiger partial charge in [0.2, 0.25) is 0 Å². The number of aromatic nitrogens is 1. The smallest absolute Gasteiger partial charge is 0.0725 e. The molecule has 8 rings (SSSR count). The number of aryl methyl sites for hydroxylation is 4. The summed E-state index contributed by atoms with van der Waals surface area (Å²) in [5, 5.41) is 0. The third-order valence-corrected chi connectivity index (χ3v) is 9.49. The summed E-state index contributed by atoms with van der Waals surface area (Å²) in [6, 6.07) is 41.7. The Morgan fingerprint density at radius 1 is 0.524 bits per heavy atom. The summed E-state index contributed by atoms with van der Waals surface area (Å²) in [5.41, 5.74) is 20.4. The Bertz CT molecular complexity index is 1980. The molecule has 205 valence electrons. The van der Waals surface area contributed by atoms with Gasteiger partial charge >= 0.3 is 0 Å². The molecule has 6 aromatic rings. The number of hydrogen-bond acceptors (Lipinski definition) is 1. The van der Waals surface area contributed by atoms with Gasteiger partial charge in [0.25, 0.3) is 0 Å². The number of fused-ring (bicyclic) bond motifs is 10. The molecule has 2 heteroatoms. The standard InChI is InChI=1S/C40H30N.Ir/c1-24-18-32-33-19-25(2)27(4)21-38(33)40(37(32)20-26(24)3)35-13-6-5-12-31(35)34-23-29(15-16-36(34)40)28-10-9-11-30(22-28)39-14-7-8-17-41-39;/h5-10,12-23H,1-4H3;/q-1;. The Morgan fingerprint density at radius 2 is 1.12 bits per heavy atom.